The molecule has 1 heterocycles. The van der Waals surface area contributed by atoms with E-state index in [1.165, 1.54) is 18.2 Å². The highest BCUT2D eigenvalue weighted by Gasteiger charge is 2.24. The van der Waals surface area contributed by atoms with Gasteiger partial charge in [-0.15, -0.1) is 12.4 Å². The van der Waals surface area contributed by atoms with Crippen molar-refractivity contribution < 1.29 is 9.72 Å². The molecule has 0 bridgehead atoms. The predicted molar refractivity (Wildman–Crippen MR) is 92.5 cm³/mol. The number of nitro benzene ring substituents is 1. The molecule has 1 amide bonds. The van der Waals surface area contributed by atoms with Crippen LogP contribution in [0.4, 0.5) is 5.69 Å². The number of nitrogens with one attached hydrogen (secondary N) is 1. The predicted octanol–water partition coefficient (Wildman–Crippen LogP) is 3.13. The summed E-state index contributed by atoms with van der Waals surface area (Å²) in [5.41, 5.74) is 0.132. The molecular formula is C15H21Cl2N3O3. The maximum atomic E-state index is 12.5. The van der Waals surface area contributed by atoms with E-state index in [0.29, 0.717) is 19.0 Å². The SMILES string of the molecule is CNCCC1CCN(C(=O)c2cc(Cl)cc([N+](=O)[O-])c2)CC1.Cl. The fraction of sp³-hybridized carbons (Fsp3) is 0.533. The number of benzene rings is 1. The van der Waals surface area contributed by atoms with Gasteiger partial charge in [-0.25, -0.2) is 0 Å². The third-order valence-corrected chi connectivity index (χ3v) is 4.26. The van der Waals surface area contributed by atoms with Crippen LogP contribution < -0.4 is 5.32 Å². The Balaban J connectivity index is 0.00000264. The van der Waals surface area contributed by atoms with Gasteiger partial charge in [-0.1, -0.05) is 11.6 Å². The molecule has 2 rings (SSSR count). The number of non-ortho nitro benzene ring substituents is 1. The second kappa shape index (κ2) is 9.05. The molecule has 0 atom stereocenters. The molecule has 1 aliphatic rings. The van der Waals surface area contributed by atoms with Crippen LogP contribution in [-0.2, 0) is 0 Å². The number of rotatable bonds is 5. The molecule has 1 aromatic rings. The minimum Gasteiger partial charge on any atom is -0.339 e. The number of hydrogen-bond acceptors (Lipinski definition) is 4. The molecular weight excluding hydrogens is 341 g/mol. The average molecular weight is 362 g/mol. The Morgan fingerprint density at radius 3 is 2.61 bits per heavy atom. The Bertz CT molecular complexity index is 561. The van der Waals surface area contributed by atoms with Crippen LogP contribution in [-0.4, -0.2) is 42.4 Å². The van der Waals surface area contributed by atoms with Gasteiger partial charge < -0.3 is 10.2 Å². The topological polar surface area (TPSA) is 75.5 Å². The highest BCUT2D eigenvalue weighted by Crippen LogP contribution is 2.25. The second-order valence-electron chi connectivity index (χ2n) is 5.58. The summed E-state index contributed by atoms with van der Waals surface area (Å²) in [7, 11) is 1.94. The van der Waals surface area contributed by atoms with Crippen LogP contribution in [0.5, 0.6) is 0 Å². The van der Waals surface area contributed by atoms with Crippen molar-refractivity contribution in [2.24, 2.45) is 5.92 Å². The van der Waals surface area contributed by atoms with Gasteiger partial charge in [-0.3, -0.25) is 14.9 Å². The van der Waals surface area contributed by atoms with Crippen molar-refractivity contribution in [3.05, 3.63) is 38.9 Å². The molecule has 128 valence electrons. The molecule has 0 saturated carbocycles. The lowest BCUT2D eigenvalue weighted by molar-refractivity contribution is -0.384. The lowest BCUT2D eigenvalue weighted by Gasteiger charge is -2.32. The van der Waals surface area contributed by atoms with Gasteiger partial charge in [0.25, 0.3) is 11.6 Å². The van der Waals surface area contributed by atoms with Crippen LogP contribution in [0.3, 0.4) is 0 Å². The maximum absolute atomic E-state index is 12.5. The Morgan fingerprint density at radius 1 is 1.39 bits per heavy atom. The molecule has 8 heteroatoms. The molecule has 0 radical (unpaired) electrons. The van der Waals surface area contributed by atoms with Crippen molar-refractivity contribution in [2.45, 2.75) is 19.3 Å². The number of carbonyl (C=O) groups excluding carboxylic acids is 1. The van der Waals surface area contributed by atoms with E-state index >= 15 is 0 Å². The summed E-state index contributed by atoms with van der Waals surface area (Å²) in [6, 6.07) is 4.04. The Morgan fingerprint density at radius 2 is 2.04 bits per heavy atom. The summed E-state index contributed by atoms with van der Waals surface area (Å²) >= 11 is 5.88. The molecule has 0 aromatic heterocycles. The largest absolute Gasteiger partial charge is 0.339 e. The van der Waals surface area contributed by atoms with E-state index in [2.05, 4.69) is 5.32 Å². The molecule has 1 aromatic carbocycles. The first-order chi connectivity index (χ1) is 10.5. The van der Waals surface area contributed by atoms with Crippen LogP contribution in [0.1, 0.15) is 29.6 Å². The average Bonchev–Trinajstić information content (AvgIpc) is 2.52. The minimum absolute atomic E-state index is 0. The van der Waals surface area contributed by atoms with E-state index in [1.54, 1.807) is 4.90 Å². The van der Waals surface area contributed by atoms with Crippen LogP contribution >= 0.6 is 24.0 Å². The van der Waals surface area contributed by atoms with Gasteiger partial charge in [0.15, 0.2) is 0 Å². The van der Waals surface area contributed by atoms with Crippen molar-refractivity contribution in [1.29, 1.82) is 0 Å². The fourth-order valence-corrected chi connectivity index (χ4v) is 2.99. The molecule has 23 heavy (non-hydrogen) atoms. The van der Waals surface area contributed by atoms with Gasteiger partial charge in [-0.05, 0) is 44.8 Å². The molecule has 0 spiro atoms. The fourth-order valence-electron chi connectivity index (χ4n) is 2.76. The van der Waals surface area contributed by atoms with E-state index < -0.39 is 4.92 Å². The van der Waals surface area contributed by atoms with Gasteiger partial charge in [0.1, 0.15) is 0 Å². The quantitative estimate of drug-likeness (QED) is 0.645. The van der Waals surface area contributed by atoms with Crippen molar-refractivity contribution >= 4 is 35.6 Å². The summed E-state index contributed by atoms with van der Waals surface area (Å²) in [5.74, 6) is 0.447. The second-order valence-corrected chi connectivity index (χ2v) is 6.02. The monoisotopic (exact) mass is 361 g/mol. The summed E-state index contributed by atoms with van der Waals surface area (Å²) in [6.45, 7) is 2.36. The van der Waals surface area contributed by atoms with Gasteiger partial charge in [0.2, 0.25) is 0 Å². The highest BCUT2D eigenvalue weighted by atomic mass is 35.5. The Hall–Kier alpha value is -1.37. The first-order valence-electron chi connectivity index (χ1n) is 7.40. The van der Waals surface area contributed by atoms with E-state index in [9.17, 15) is 14.9 Å². The first kappa shape index (κ1) is 19.7. The summed E-state index contributed by atoms with van der Waals surface area (Å²) in [6.07, 6.45) is 3.05. The van der Waals surface area contributed by atoms with Gasteiger partial charge in [-0.2, -0.15) is 0 Å². The van der Waals surface area contributed by atoms with Gasteiger partial charge in [0.05, 0.1) is 4.92 Å². The molecule has 0 unspecified atom stereocenters. The molecule has 0 aliphatic carbocycles. The lowest BCUT2D eigenvalue weighted by Crippen LogP contribution is -2.39. The van der Waals surface area contributed by atoms with Gasteiger partial charge in [0, 0.05) is 35.8 Å². The van der Waals surface area contributed by atoms with E-state index in [4.69, 9.17) is 11.6 Å². The normalized spacial score (nSPS) is 15.1. The number of carbonyl (C=O) groups is 1. The third-order valence-electron chi connectivity index (χ3n) is 4.04. The molecule has 1 aliphatic heterocycles. The van der Waals surface area contributed by atoms with Crippen molar-refractivity contribution in [3.63, 3.8) is 0 Å². The van der Waals surface area contributed by atoms with Gasteiger partial charge >= 0.3 is 0 Å². The van der Waals surface area contributed by atoms with Crippen LogP contribution in [0.25, 0.3) is 0 Å². The number of hydrogen-bond donors (Lipinski definition) is 1. The Labute approximate surface area is 146 Å². The van der Waals surface area contributed by atoms with E-state index in [0.717, 1.165) is 25.8 Å². The van der Waals surface area contributed by atoms with Crippen molar-refractivity contribution in [3.8, 4) is 0 Å². The summed E-state index contributed by atoms with van der Waals surface area (Å²) in [5, 5.41) is 14.2. The smallest absolute Gasteiger partial charge is 0.271 e. The molecule has 1 saturated heterocycles. The molecule has 1 fully saturated rings. The van der Waals surface area contributed by atoms with Crippen LogP contribution in [0.15, 0.2) is 18.2 Å². The number of piperidine rings is 1. The van der Waals surface area contributed by atoms with Crippen molar-refractivity contribution in [2.75, 3.05) is 26.7 Å². The number of nitrogens with zero attached hydrogens (tertiary/aromatic N) is 2. The zero-order valence-electron chi connectivity index (χ0n) is 13.0. The highest BCUT2D eigenvalue weighted by molar-refractivity contribution is 6.31. The number of likely N-dealkylation sites (tertiary alicyclic amines) is 1. The zero-order chi connectivity index (χ0) is 16.1. The number of nitro groups is 1. The first-order valence-corrected chi connectivity index (χ1v) is 7.78. The zero-order valence-corrected chi connectivity index (χ0v) is 14.5. The third kappa shape index (κ3) is 5.34. The minimum atomic E-state index is -0.535. The molecule has 6 nitrogen and oxygen atoms in total. The standard InChI is InChI=1S/C15H20ClN3O3.ClH/c1-17-5-2-11-3-6-18(7-4-11)15(20)12-8-13(16)10-14(9-12)19(21)22;/h8-11,17H,2-7H2,1H3;1H. The maximum Gasteiger partial charge on any atom is 0.271 e. The Kier molecular flexibility index (Phi) is 7.75. The van der Waals surface area contributed by atoms with Crippen LogP contribution in [0, 0.1) is 16.0 Å². The lowest BCUT2D eigenvalue weighted by atomic mass is 9.93. The number of halogens is 2. The van der Waals surface area contributed by atoms with Crippen molar-refractivity contribution in [1.82, 2.24) is 10.2 Å². The summed E-state index contributed by atoms with van der Waals surface area (Å²) < 4.78 is 0. The van der Waals surface area contributed by atoms with E-state index in [-0.39, 0.29) is 34.6 Å². The summed E-state index contributed by atoms with van der Waals surface area (Å²) in [4.78, 5) is 24.6. The molecule has 1 N–H and O–H groups in total. The van der Waals surface area contributed by atoms with E-state index in [1.807, 2.05) is 7.05 Å². The van der Waals surface area contributed by atoms with Crippen LogP contribution in [0.2, 0.25) is 5.02 Å². The number of amides is 1.